The Morgan fingerprint density at radius 3 is 2.32 bits per heavy atom. The SMILES string of the molecule is COc1ccc(C2CC(=O)C3=C(C2)NC(C)=C(C(=O)Nc2cc(C)ccn2)C3c2ccc(C)cc2)cc1. The lowest BCUT2D eigenvalue weighted by Gasteiger charge is -2.37. The standard InChI is InChI=1S/C31H31N3O3/c1-18-5-7-22(8-6-18)29-28(31(36)34-27-15-19(2)13-14-32-27)20(3)33-25-16-23(17-26(35)30(25)29)21-9-11-24(37-4)12-10-21/h5-15,23,29,33H,16-17H2,1-4H3,(H,32,34,36). The van der Waals surface area contributed by atoms with E-state index in [1.807, 2.05) is 81.4 Å². The minimum absolute atomic E-state index is 0.0583. The molecule has 1 aliphatic carbocycles. The molecular weight excluding hydrogens is 462 g/mol. The van der Waals surface area contributed by atoms with Crippen LogP contribution in [0.4, 0.5) is 5.82 Å². The van der Waals surface area contributed by atoms with Crippen molar-refractivity contribution in [3.63, 3.8) is 0 Å². The van der Waals surface area contributed by atoms with Crippen LogP contribution >= 0.6 is 0 Å². The van der Waals surface area contributed by atoms with Crippen LogP contribution < -0.4 is 15.4 Å². The summed E-state index contributed by atoms with van der Waals surface area (Å²) in [6, 6.07) is 19.7. The molecule has 2 aromatic carbocycles. The number of dihydropyridines is 1. The Labute approximate surface area is 217 Å². The molecule has 1 aromatic heterocycles. The quantitative estimate of drug-likeness (QED) is 0.476. The molecule has 6 nitrogen and oxygen atoms in total. The van der Waals surface area contributed by atoms with Crippen molar-refractivity contribution in [1.82, 2.24) is 10.3 Å². The summed E-state index contributed by atoms with van der Waals surface area (Å²) >= 11 is 0. The molecule has 0 fully saturated rings. The number of Topliss-reactive ketones (excluding diaryl/α,β-unsaturated/α-hetero) is 1. The number of methoxy groups -OCH3 is 1. The van der Waals surface area contributed by atoms with Crippen LogP contribution in [0.3, 0.4) is 0 Å². The summed E-state index contributed by atoms with van der Waals surface area (Å²) in [6.45, 7) is 5.89. The first kappa shape index (κ1) is 24.5. The van der Waals surface area contributed by atoms with Gasteiger partial charge in [0.15, 0.2) is 5.78 Å². The Kier molecular flexibility index (Phi) is 6.66. The number of benzene rings is 2. The Hall–Kier alpha value is -4.19. The zero-order valence-corrected chi connectivity index (χ0v) is 21.6. The highest BCUT2D eigenvalue weighted by atomic mass is 16.5. The van der Waals surface area contributed by atoms with Crippen molar-refractivity contribution in [1.29, 1.82) is 0 Å². The van der Waals surface area contributed by atoms with Gasteiger partial charge in [-0.2, -0.15) is 0 Å². The summed E-state index contributed by atoms with van der Waals surface area (Å²) in [5, 5.41) is 6.40. The third-order valence-electron chi connectivity index (χ3n) is 7.23. The van der Waals surface area contributed by atoms with Gasteiger partial charge in [0, 0.05) is 41.1 Å². The number of nitrogens with zero attached hydrogens (tertiary/aromatic N) is 1. The predicted octanol–water partition coefficient (Wildman–Crippen LogP) is 5.71. The maximum atomic E-state index is 13.8. The number of rotatable bonds is 5. The van der Waals surface area contributed by atoms with E-state index in [0.717, 1.165) is 39.4 Å². The molecule has 6 heteroatoms. The molecule has 37 heavy (non-hydrogen) atoms. The van der Waals surface area contributed by atoms with Crippen molar-refractivity contribution in [2.45, 2.75) is 45.4 Å². The number of aromatic nitrogens is 1. The average molecular weight is 494 g/mol. The lowest BCUT2D eigenvalue weighted by Crippen LogP contribution is -2.37. The predicted molar refractivity (Wildman–Crippen MR) is 144 cm³/mol. The van der Waals surface area contributed by atoms with E-state index in [0.29, 0.717) is 29.8 Å². The topological polar surface area (TPSA) is 80.3 Å². The zero-order chi connectivity index (χ0) is 26.1. The molecule has 188 valence electrons. The summed E-state index contributed by atoms with van der Waals surface area (Å²) in [5.41, 5.74) is 7.02. The first-order chi connectivity index (χ1) is 17.8. The van der Waals surface area contributed by atoms with Gasteiger partial charge in [-0.3, -0.25) is 9.59 Å². The van der Waals surface area contributed by atoms with E-state index in [1.54, 1.807) is 13.3 Å². The molecule has 0 radical (unpaired) electrons. The number of hydrogen-bond acceptors (Lipinski definition) is 5. The van der Waals surface area contributed by atoms with Gasteiger partial charge in [0.1, 0.15) is 11.6 Å². The van der Waals surface area contributed by atoms with Gasteiger partial charge in [-0.15, -0.1) is 0 Å². The Morgan fingerprint density at radius 2 is 1.65 bits per heavy atom. The van der Waals surface area contributed by atoms with E-state index in [-0.39, 0.29) is 17.6 Å². The molecule has 3 aromatic rings. The van der Waals surface area contributed by atoms with Crippen LogP contribution in [-0.4, -0.2) is 23.8 Å². The number of nitrogens with one attached hydrogen (secondary N) is 2. The number of pyridine rings is 1. The highest BCUT2D eigenvalue weighted by Crippen LogP contribution is 2.45. The van der Waals surface area contributed by atoms with Crippen molar-refractivity contribution in [3.8, 4) is 5.75 Å². The third-order valence-corrected chi connectivity index (χ3v) is 7.23. The maximum absolute atomic E-state index is 13.8. The monoisotopic (exact) mass is 493 g/mol. The fourth-order valence-electron chi connectivity index (χ4n) is 5.33. The lowest BCUT2D eigenvalue weighted by atomic mass is 9.71. The fraction of sp³-hybridized carbons (Fsp3) is 0.258. The van der Waals surface area contributed by atoms with Gasteiger partial charge in [-0.1, -0.05) is 42.0 Å². The number of ether oxygens (including phenoxy) is 1. The number of carbonyl (C=O) groups excluding carboxylic acids is 2. The van der Waals surface area contributed by atoms with Crippen LogP contribution in [0.5, 0.6) is 5.75 Å². The van der Waals surface area contributed by atoms with E-state index < -0.39 is 5.92 Å². The van der Waals surface area contributed by atoms with Gasteiger partial charge in [-0.25, -0.2) is 4.98 Å². The van der Waals surface area contributed by atoms with Crippen LogP contribution in [0, 0.1) is 13.8 Å². The first-order valence-corrected chi connectivity index (χ1v) is 12.5. The fourth-order valence-corrected chi connectivity index (χ4v) is 5.33. The van der Waals surface area contributed by atoms with Crippen molar-refractivity contribution in [3.05, 3.63) is 112 Å². The molecule has 2 heterocycles. The van der Waals surface area contributed by atoms with Crippen LogP contribution in [0.15, 0.2) is 89.4 Å². The number of hydrogen-bond donors (Lipinski definition) is 2. The molecule has 1 aliphatic heterocycles. The average Bonchev–Trinajstić information content (AvgIpc) is 2.88. The Morgan fingerprint density at radius 1 is 0.946 bits per heavy atom. The number of anilines is 1. The van der Waals surface area contributed by atoms with E-state index in [4.69, 9.17) is 4.74 Å². The molecule has 0 bridgehead atoms. The van der Waals surface area contributed by atoms with Gasteiger partial charge >= 0.3 is 0 Å². The van der Waals surface area contributed by atoms with Gasteiger partial charge < -0.3 is 15.4 Å². The minimum atomic E-state index is -0.453. The third kappa shape index (κ3) is 4.92. The van der Waals surface area contributed by atoms with E-state index >= 15 is 0 Å². The molecule has 2 unspecified atom stereocenters. The van der Waals surface area contributed by atoms with Crippen LogP contribution in [0.2, 0.25) is 0 Å². The number of ketones is 1. The number of amides is 1. The van der Waals surface area contributed by atoms with Crippen molar-refractivity contribution >= 4 is 17.5 Å². The first-order valence-electron chi connectivity index (χ1n) is 12.5. The maximum Gasteiger partial charge on any atom is 0.255 e. The second kappa shape index (κ2) is 10.1. The lowest BCUT2D eigenvalue weighted by molar-refractivity contribution is -0.116. The van der Waals surface area contributed by atoms with Gasteiger partial charge in [-0.05, 0) is 74.1 Å². The summed E-state index contributed by atoms with van der Waals surface area (Å²) in [6.07, 6.45) is 2.76. The minimum Gasteiger partial charge on any atom is -0.497 e. The Bertz CT molecular complexity index is 1420. The van der Waals surface area contributed by atoms with E-state index in [2.05, 4.69) is 15.6 Å². The summed E-state index contributed by atoms with van der Waals surface area (Å²) in [5.74, 6) is 0.687. The van der Waals surface area contributed by atoms with Crippen LogP contribution in [0.25, 0.3) is 0 Å². The molecule has 2 N–H and O–H groups in total. The highest BCUT2D eigenvalue weighted by Gasteiger charge is 2.41. The summed E-state index contributed by atoms with van der Waals surface area (Å²) < 4.78 is 5.30. The summed E-state index contributed by atoms with van der Waals surface area (Å²) in [7, 11) is 1.64. The number of aryl methyl sites for hydroxylation is 2. The molecule has 0 saturated heterocycles. The highest BCUT2D eigenvalue weighted by molar-refractivity contribution is 6.09. The smallest absolute Gasteiger partial charge is 0.255 e. The molecule has 2 atom stereocenters. The largest absolute Gasteiger partial charge is 0.497 e. The van der Waals surface area contributed by atoms with Crippen molar-refractivity contribution < 1.29 is 14.3 Å². The molecular formula is C31H31N3O3. The van der Waals surface area contributed by atoms with Crippen molar-refractivity contribution in [2.75, 3.05) is 12.4 Å². The van der Waals surface area contributed by atoms with E-state index in [1.165, 1.54) is 0 Å². The molecule has 0 saturated carbocycles. The molecule has 0 spiro atoms. The van der Waals surface area contributed by atoms with Crippen molar-refractivity contribution in [2.24, 2.45) is 0 Å². The van der Waals surface area contributed by atoms with Gasteiger partial charge in [0.05, 0.1) is 7.11 Å². The molecule has 2 aliphatic rings. The number of allylic oxidation sites excluding steroid dienone is 3. The van der Waals surface area contributed by atoms with Gasteiger partial charge in [0.25, 0.3) is 5.91 Å². The van der Waals surface area contributed by atoms with E-state index in [9.17, 15) is 9.59 Å². The molecule has 5 rings (SSSR count). The van der Waals surface area contributed by atoms with Crippen LogP contribution in [0.1, 0.15) is 53.9 Å². The zero-order valence-electron chi connectivity index (χ0n) is 21.6. The summed E-state index contributed by atoms with van der Waals surface area (Å²) in [4.78, 5) is 31.7. The van der Waals surface area contributed by atoms with Crippen LogP contribution in [-0.2, 0) is 9.59 Å². The normalized spacial score (nSPS) is 19.3. The Balaban J connectivity index is 1.53. The number of carbonyl (C=O) groups is 2. The second-order valence-electron chi connectivity index (χ2n) is 9.87. The molecule has 1 amide bonds. The van der Waals surface area contributed by atoms with Gasteiger partial charge in [0.2, 0.25) is 0 Å². The second-order valence-corrected chi connectivity index (χ2v) is 9.87.